The minimum absolute atomic E-state index is 0.0334. The lowest BCUT2D eigenvalue weighted by Gasteiger charge is -2.22. The standard InChI is InChI=1S/C11H20N2O4/c1-2-7-13(8-3-4-8)11(17)12-6-5-9(14)10(15)16/h8-9,14H,2-7H2,1H3,(H,12,17)(H,15,16). The number of amides is 2. The molecule has 1 unspecified atom stereocenters. The first kappa shape index (κ1) is 13.8. The molecule has 17 heavy (non-hydrogen) atoms. The summed E-state index contributed by atoms with van der Waals surface area (Å²) in [5.74, 6) is -1.26. The van der Waals surface area contributed by atoms with E-state index in [2.05, 4.69) is 5.32 Å². The zero-order valence-corrected chi connectivity index (χ0v) is 10.1. The van der Waals surface area contributed by atoms with Crippen molar-refractivity contribution in [3.05, 3.63) is 0 Å². The number of hydrogen-bond donors (Lipinski definition) is 3. The van der Waals surface area contributed by atoms with Gasteiger partial charge in [-0.05, 0) is 19.3 Å². The molecule has 2 amide bonds. The van der Waals surface area contributed by atoms with Crippen molar-refractivity contribution >= 4 is 12.0 Å². The Morgan fingerprint density at radius 1 is 1.47 bits per heavy atom. The molecule has 1 saturated carbocycles. The van der Waals surface area contributed by atoms with Crippen molar-refractivity contribution in [1.29, 1.82) is 0 Å². The molecule has 1 fully saturated rings. The van der Waals surface area contributed by atoms with Gasteiger partial charge in [0.25, 0.3) is 0 Å². The van der Waals surface area contributed by atoms with E-state index >= 15 is 0 Å². The van der Waals surface area contributed by atoms with E-state index in [0.717, 1.165) is 25.8 Å². The molecule has 1 aliphatic rings. The van der Waals surface area contributed by atoms with Crippen LogP contribution in [0.25, 0.3) is 0 Å². The highest BCUT2D eigenvalue weighted by Crippen LogP contribution is 2.26. The number of nitrogens with zero attached hydrogens (tertiary/aromatic N) is 1. The minimum Gasteiger partial charge on any atom is -0.479 e. The molecule has 0 saturated heterocycles. The summed E-state index contributed by atoms with van der Waals surface area (Å²) >= 11 is 0. The number of carboxylic acids is 1. The van der Waals surface area contributed by atoms with Gasteiger partial charge in [-0.1, -0.05) is 6.92 Å². The van der Waals surface area contributed by atoms with Crippen molar-refractivity contribution in [3.63, 3.8) is 0 Å². The third kappa shape index (κ3) is 4.60. The van der Waals surface area contributed by atoms with Crippen LogP contribution < -0.4 is 5.32 Å². The summed E-state index contributed by atoms with van der Waals surface area (Å²) in [7, 11) is 0. The topological polar surface area (TPSA) is 89.9 Å². The van der Waals surface area contributed by atoms with Crippen LogP contribution in [-0.2, 0) is 4.79 Å². The monoisotopic (exact) mass is 244 g/mol. The summed E-state index contributed by atoms with van der Waals surface area (Å²) in [5.41, 5.74) is 0. The predicted octanol–water partition coefficient (Wildman–Crippen LogP) is 0.406. The fourth-order valence-corrected chi connectivity index (χ4v) is 1.62. The number of nitrogens with one attached hydrogen (secondary N) is 1. The number of carboxylic acid groups (broad SMARTS) is 1. The largest absolute Gasteiger partial charge is 0.479 e. The van der Waals surface area contributed by atoms with Crippen molar-refractivity contribution in [3.8, 4) is 0 Å². The average Bonchev–Trinajstić information content (AvgIpc) is 3.09. The Bertz CT molecular complexity index is 279. The van der Waals surface area contributed by atoms with Crippen LogP contribution in [0.5, 0.6) is 0 Å². The molecule has 0 aliphatic heterocycles. The van der Waals surface area contributed by atoms with Gasteiger partial charge in [-0.2, -0.15) is 0 Å². The van der Waals surface area contributed by atoms with Crippen molar-refractivity contribution in [2.75, 3.05) is 13.1 Å². The van der Waals surface area contributed by atoms with Crippen molar-refractivity contribution < 1.29 is 19.8 Å². The normalized spacial score (nSPS) is 16.4. The van der Waals surface area contributed by atoms with Crippen LogP contribution in [0.4, 0.5) is 4.79 Å². The van der Waals surface area contributed by atoms with Gasteiger partial charge in [-0.3, -0.25) is 0 Å². The van der Waals surface area contributed by atoms with E-state index in [1.807, 2.05) is 6.92 Å². The van der Waals surface area contributed by atoms with Gasteiger partial charge in [0.15, 0.2) is 6.10 Å². The molecule has 0 aromatic rings. The van der Waals surface area contributed by atoms with E-state index in [4.69, 9.17) is 10.2 Å². The fourth-order valence-electron chi connectivity index (χ4n) is 1.62. The highest BCUT2D eigenvalue weighted by molar-refractivity contribution is 5.75. The second-order valence-electron chi connectivity index (χ2n) is 4.30. The molecular weight excluding hydrogens is 224 g/mol. The lowest BCUT2D eigenvalue weighted by atomic mass is 10.2. The first-order chi connectivity index (χ1) is 8.06. The molecule has 6 heteroatoms. The first-order valence-corrected chi connectivity index (χ1v) is 6.01. The van der Waals surface area contributed by atoms with Gasteiger partial charge in [-0.25, -0.2) is 9.59 Å². The van der Waals surface area contributed by atoms with E-state index in [-0.39, 0.29) is 19.0 Å². The number of aliphatic carboxylic acids is 1. The van der Waals surface area contributed by atoms with E-state index < -0.39 is 12.1 Å². The molecule has 0 bridgehead atoms. The zero-order chi connectivity index (χ0) is 12.8. The van der Waals surface area contributed by atoms with Crippen LogP contribution in [-0.4, -0.2) is 52.3 Å². The van der Waals surface area contributed by atoms with Crippen LogP contribution in [0.3, 0.4) is 0 Å². The zero-order valence-electron chi connectivity index (χ0n) is 10.1. The Morgan fingerprint density at radius 2 is 2.12 bits per heavy atom. The molecule has 98 valence electrons. The summed E-state index contributed by atoms with van der Waals surface area (Å²) < 4.78 is 0. The maximum atomic E-state index is 11.8. The number of aliphatic hydroxyl groups excluding tert-OH is 1. The van der Waals surface area contributed by atoms with Crippen LogP contribution in [0.1, 0.15) is 32.6 Å². The Balaban J connectivity index is 2.25. The minimum atomic E-state index is -1.41. The molecule has 1 aliphatic carbocycles. The van der Waals surface area contributed by atoms with Gasteiger partial charge in [-0.15, -0.1) is 0 Å². The molecule has 0 radical (unpaired) electrons. The van der Waals surface area contributed by atoms with Gasteiger partial charge >= 0.3 is 12.0 Å². The number of hydrogen-bond acceptors (Lipinski definition) is 3. The van der Waals surface area contributed by atoms with Crippen molar-refractivity contribution in [2.24, 2.45) is 0 Å². The fraction of sp³-hybridized carbons (Fsp3) is 0.818. The molecule has 1 rings (SSSR count). The molecule has 0 aromatic heterocycles. The number of rotatable bonds is 7. The van der Waals surface area contributed by atoms with Gasteiger partial charge in [0.2, 0.25) is 0 Å². The SMILES string of the molecule is CCCN(C(=O)NCCC(O)C(=O)O)C1CC1. The van der Waals surface area contributed by atoms with Crippen LogP contribution in [0.15, 0.2) is 0 Å². The number of aliphatic hydroxyl groups is 1. The summed E-state index contributed by atoms with van der Waals surface area (Å²) in [4.78, 5) is 23.9. The second-order valence-corrected chi connectivity index (χ2v) is 4.30. The lowest BCUT2D eigenvalue weighted by molar-refractivity contribution is -0.146. The van der Waals surface area contributed by atoms with Gasteiger partial charge in [0, 0.05) is 25.6 Å². The molecule has 3 N–H and O–H groups in total. The van der Waals surface area contributed by atoms with Crippen molar-refractivity contribution in [2.45, 2.75) is 44.8 Å². The highest BCUT2D eigenvalue weighted by atomic mass is 16.4. The smallest absolute Gasteiger partial charge is 0.332 e. The van der Waals surface area contributed by atoms with Crippen LogP contribution in [0, 0.1) is 0 Å². The van der Waals surface area contributed by atoms with E-state index in [1.54, 1.807) is 4.90 Å². The lowest BCUT2D eigenvalue weighted by Crippen LogP contribution is -2.43. The van der Waals surface area contributed by atoms with E-state index in [0.29, 0.717) is 6.04 Å². The summed E-state index contributed by atoms with van der Waals surface area (Å²) in [5, 5.41) is 20.1. The van der Waals surface area contributed by atoms with E-state index in [1.165, 1.54) is 0 Å². The molecule has 0 spiro atoms. The number of urea groups is 1. The number of carbonyl (C=O) groups is 2. The maximum Gasteiger partial charge on any atom is 0.332 e. The number of carbonyl (C=O) groups excluding carboxylic acids is 1. The Labute approximate surface area is 101 Å². The van der Waals surface area contributed by atoms with Crippen LogP contribution >= 0.6 is 0 Å². The second kappa shape index (κ2) is 6.44. The Hall–Kier alpha value is -1.30. The quantitative estimate of drug-likeness (QED) is 0.605. The molecule has 0 heterocycles. The highest BCUT2D eigenvalue weighted by Gasteiger charge is 2.31. The molecular formula is C11H20N2O4. The Kier molecular flexibility index (Phi) is 5.21. The Morgan fingerprint density at radius 3 is 2.59 bits per heavy atom. The third-order valence-corrected chi connectivity index (χ3v) is 2.69. The average molecular weight is 244 g/mol. The summed E-state index contributed by atoms with van der Waals surface area (Å²) in [6.07, 6.45) is 1.62. The van der Waals surface area contributed by atoms with Crippen LogP contribution in [0.2, 0.25) is 0 Å². The maximum absolute atomic E-state index is 11.8. The third-order valence-electron chi connectivity index (χ3n) is 2.69. The van der Waals surface area contributed by atoms with Gasteiger partial charge < -0.3 is 20.4 Å². The summed E-state index contributed by atoms with van der Waals surface area (Å²) in [6.45, 7) is 2.91. The predicted molar refractivity (Wildman–Crippen MR) is 61.7 cm³/mol. The molecule has 0 aromatic carbocycles. The molecule has 6 nitrogen and oxygen atoms in total. The molecule has 1 atom stereocenters. The van der Waals surface area contributed by atoms with Gasteiger partial charge in [0.05, 0.1) is 0 Å². The van der Waals surface area contributed by atoms with E-state index in [9.17, 15) is 9.59 Å². The van der Waals surface area contributed by atoms with Gasteiger partial charge in [0.1, 0.15) is 0 Å². The summed E-state index contributed by atoms with van der Waals surface area (Å²) in [6, 6.07) is 0.186. The first-order valence-electron chi connectivity index (χ1n) is 6.01. The van der Waals surface area contributed by atoms with Crippen molar-refractivity contribution in [1.82, 2.24) is 10.2 Å².